The van der Waals surface area contributed by atoms with Crippen LogP contribution in [0.4, 0.5) is 0 Å². The van der Waals surface area contributed by atoms with Gasteiger partial charge in [-0.3, -0.25) is 4.79 Å². The monoisotopic (exact) mass is 290 g/mol. The number of rotatable bonds is 4. The SMILES string of the molecule is C/C=C/C(=O)O.CSC(C)CC(=O)O.C[S-].[Na+]. The summed E-state index contributed by atoms with van der Waals surface area (Å²) in [6.07, 6.45) is 6.32. The molecule has 0 bridgehead atoms. The zero-order valence-electron chi connectivity index (χ0n) is 11.0. The van der Waals surface area contributed by atoms with E-state index < -0.39 is 11.9 Å². The maximum absolute atomic E-state index is 9.96. The van der Waals surface area contributed by atoms with E-state index in [0.29, 0.717) is 0 Å². The molecule has 0 aliphatic heterocycles. The Hall–Kier alpha value is 0.380. The molecular formula is C10H19NaO4S2. The molecule has 0 saturated carbocycles. The minimum atomic E-state index is -0.891. The molecule has 4 nitrogen and oxygen atoms in total. The van der Waals surface area contributed by atoms with E-state index in [0.717, 1.165) is 6.08 Å². The van der Waals surface area contributed by atoms with Crippen LogP contribution in [-0.4, -0.2) is 39.9 Å². The molecule has 0 aromatic heterocycles. The first kappa shape index (κ1) is 26.0. The second kappa shape index (κ2) is 21.6. The zero-order valence-corrected chi connectivity index (χ0v) is 14.6. The van der Waals surface area contributed by atoms with Gasteiger partial charge in [-0.05, 0) is 13.2 Å². The van der Waals surface area contributed by atoms with Gasteiger partial charge in [-0.2, -0.15) is 18.0 Å². The van der Waals surface area contributed by atoms with Crippen LogP contribution in [0.5, 0.6) is 0 Å². The number of hydrogen-bond donors (Lipinski definition) is 2. The van der Waals surface area contributed by atoms with Gasteiger partial charge in [-0.15, -0.1) is 0 Å². The topological polar surface area (TPSA) is 74.6 Å². The molecule has 0 fully saturated rings. The number of carboxylic acids is 2. The zero-order chi connectivity index (χ0) is 13.6. The summed E-state index contributed by atoms with van der Waals surface area (Å²) in [4.78, 5) is 19.5. The summed E-state index contributed by atoms with van der Waals surface area (Å²) in [7, 11) is 0. The third-order valence-electron chi connectivity index (χ3n) is 1.17. The van der Waals surface area contributed by atoms with E-state index >= 15 is 0 Å². The molecule has 0 aliphatic rings. The summed E-state index contributed by atoms with van der Waals surface area (Å²) in [6.45, 7) is 3.56. The number of aliphatic carboxylic acids is 2. The van der Waals surface area contributed by atoms with E-state index in [9.17, 15) is 9.59 Å². The Kier molecular flexibility index (Phi) is 33.2. The van der Waals surface area contributed by atoms with Crippen molar-refractivity contribution in [1.29, 1.82) is 0 Å². The molecule has 0 heterocycles. The number of carbonyl (C=O) groups is 2. The predicted molar refractivity (Wildman–Crippen MR) is 71.0 cm³/mol. The van der Waals surface area contributed by atoms with Crippen molar-refractivity contribution in [3.05, 3.63) is 12.2 Å². The molecular weight excluding hydrogens is 271 g/mol. The van der Waals surface area contributed by atoms with Crippen LogP contribution < -0.4 is 29.6 Å². The van der Waals surface area contributed by atoms with Crippen LogP contribution in [0.25, 0.3) is 0 Å². The third kappa shape index (κ3) is 38.5. The first-order valence-corrected chi connectivity index (χ1v) is 6.55. The summed E-state index contributed by atoms with van der Waals surface area (Å²) in [5.74, 6) is -1.61. The Balaban J connectivity index is -0.0000000844. The molecule has 96 valence electrons. The molecule has 2 N–H and O–H groups in total. The second-order valence-electron chi connectivity index (χ2n) is 2.48. The summed E-state index contributed by atoms with van der Waals surface area (Å²) >= 11 is 5.66. The maximum Gasteiger partial charge on any atom is 1.00 e. The van der Waals surface area contributed by atoms with Crippen molar-refractivity contribution in [3.63, 3.8) is 0 Å². The Bertz CT molecular complexity index is 210. The van der Waals surface area contributed by atoms with Gasteiger partial charge in [0.25, 0.3) is 0 Å². The van der Waals surface area contributed by atoms with E-state index in [-0.39, 0.29) is 41.2 Å². The van der Waals surface area contributed by atoms with Gasteiger partial charge < -0.3 is 22.8 Å². The fraction of sp³-hybridized carbons (Fsp3) is 0.600. The molecule has 0 aromatic carbocycles. The van der Waals surface area contributed by atoms with Gasteiger partial charge in [0, 0.05) is 11.3 Å². The number of allylic oxidation sites excluding steroid dienone is 1. The molecule has 0 rings (SSSR count). The van der Waals surface area contributed by atoms with E-state index in [2.05, 4.69) is 12.6 Å². The first-order valence-electron chi connectivity index (χ1n) is 4.45. The smallest absolute Gasteiger partial charge is 0.796 e. The molecule has 7 heteroatoms. The van der Waals surface area contributed by atoms with E-state index in [1.807, 2.05) is 13.2 Å². The molecule has 0 aromatic rings. The summed E-state index contributed by atoms with van der Waals surface area (Å²) < 4.78 is 0. The molecule has 0 spiro atoms. The Morgan fingerprint density at radius 1 is 1.35 bits per heavy atom. The molecule has 1 atom stereocenters. The molecule has 0 aliphatic carbocycles. The quantitative estimate of drug-likeness (QED) is 0.394. The fourth-order valence-electron chi connectivity index (χ4n) is 0.472. The second-order valence-corrected chi connectivity index (χ2v) is 3.76. The van der Waals surface area contributed by atoms with Crippen molar-refractivity contribution in [2.24, 2.45) is 0 Å². The summed E-state index contributed by atoms with van der Waals surface area (Å²) in [6, 6.07) is 0. The van der Waals surface area contributed by atoms with Crippen LogP contribution in [0, 0.1) is 0 Å². The van der Waals surface area contributed by atoms with Gasteiger partial charge >= 0.3 is 41.5 Å². The number of hydrogen-bond acceptors (Lipinski definition) is 4. The Morgan fingerprint density at radius 3 is 1.82 bits per heavy atom. The van der Waals surface area contributed by atoms with E-state index in [1.54, 1.807) is 24.9 Å². The van der Waals surface area contributed by atoms with Crippen molar-refractivity contribution in [1.82, 2.24) is 0 Å². The van der Waals surface area contributed by atoms with Crippen LogP contribution in [0.1, 0.15) is 20.3 Å². The minimum Gasteiger partial charge on any atom is -0.796 e. The van der Waals surface area contributed by atoms with Gasteiger partial charge in [0.2, 0.25) is 0 Å². The van der Waals surface area contributed by atoms with Gasteiger partial charge in [-0.1, -0.05) is 13.0 Å². The minimum absolute atomic E-state index is 0. The van der Waals surface area contributed by atoms with Crippen molar-refractivity contribution < 1.29 is 49.4 Å². The van der Waals surface area contributed by atoms with Crippen LogP contribution >= 0.6 is 11.8 Å². The van der Waals surface area contributed by atoms with Gasteiger partial charge in [-0.25, -0.2) is 4.79 Å². The van der Waals surface area contributed by atoms with Crippen molar-refractivity contribution in [3.8, 4) is 0 Å². The van der Waals surface area contributed by atoms with E-state index in [1.165, 1.54) is 6.08 Å². The van der Waals surface area contributed by atoms with Gasteiger partial charge in [0.1, 0.15) is 0 Å². The largest absolute Gasteiger partial charge is 1.00 e. The van der Waals surface area contributed by atoms with Crippen molar-refractivity contribution in [2.75, 3.05) is 12.5 Å². The molecule has 17 heavy (non-hydrogen) atoms. The normalized spacial score (nSPS) is 9.94. The Morgan fingerprint density at radius 2 is 1.76 bits per heavy atom. The average Bonchev–Trinajstić information content (AvgIpc) is 2.20. The number of thioether (sulfide) groups is 1. The number of carboxylic acid groups (broad SMARTS) is 2. The average molecular weight is 290 g/mol. The summed E-state index contributed by atoms with van der Waals surface area (Å²) in [5, 5.41) is 16.3. The van der Waals surface area contributed by atoms with Crippen LogP contribution in [0.15, 0.2) is 12.2 Å². The summed E-state index contributed by atoms with van der Waals surface area (Å²) in [5.41, 5.74) is 0. The molecule has 0 saturated heterocycles. The Labute approximate surface area is 135 Å². The molecule has 1 unspecified atom stereocenters. The van der Waals surface area contributed by atoms with E-state index in [4.69, 9.17) is 10.2 Å². The van der Waals surface area contributed by atoms with Crippen LogP contribution in [-0.2, 0) is 22.2 Å². The van der Waals surface area contributed by atoms with Crippen LogP contribution in [0.2, 0.25) is 0 Å². The van der Waals surface area contributed by atoms with Crippen molar-refractivity contribution >= 4 is 36.3 Å². The van der Waals surface area contributed by atoms with Gasteiger partial charge in [0.05, 0.1) is 6.42 Å². The predicted octanol–water partition coefficient (Wildman–Crippen LogP) is -0.973. The fourth-order valence-corrected chi connectivity index (χ4v) is 0.781. The third-order valence-corrected chi connectivity index (χ3v) is 2.15. The van der Waals surface area contributed by atoms with Crippen LogP contribution in [0.3, 0.4) is 0 Å². The molecule has 0 amide bonds. The first-order chi connectivity index (χ1) is 7.43. The maximum atomic E-state index is 9.96. The molecule has 0 radical (unpaired) electrons. The standard InChI is InChI=1S/C5H10O2S.C4H6O2.CH4S.Na/c1-4(8-2)3-5(6)7;1-2-3-4(5)6;1-2;/h4H,3H2,1-2H3,(H,6,7);2-3H,1H3,(H,5,6);2H,1H3;/q;;;+1/p-1/b;3-2+;;. The van der Waals surface area contributed by atoms with Gasteiger partial charge in [0.15, 0.2) is 0 Å². The van der Waals surface area contributed by atoms with Crippen molar-refractivity contribution in [2.45, 2.75) is 25.5 Å².